The zero-order valence-corrected chi connectivity index (χ0v) is 12.2. The zero-order valence-electron chi connectivity index (χ0n) is 10.6. The minimum atomic E-state index is -3.29. The Labute approximate surface area is 120 Å². The monoisotopic (exact) mass is 313 g/mol. The smallest absolute Gasteiger partial charge is 0.259 e. The van der Waals surface area contributed by atoms with Crippen molar-refractivity contribution in [3.63, 3.8) is 0 Å². The first-order valence-corrected chi connectivity index (χ1v) is 8.29. The lowest BCUT2D eigenvalue weighted by Crippen LogP contribution is -2.12. The molecule has 0 bridgehead atoms. The van der Waals surface area contributed by atoms with Crippen LogP contribution in [0.2, 0.25) is 0 Å². The van der Waals surface area contributed by atoms with E-state index in [1.165, 1.54) is 30.3 Å². The molecule has 2 aromatic rings. The lowest BCUT2D eigenvalue weighted by atomic mass is 10.2. The highest BCUT2D eigenvalue weighted by Crippen LogP contribution is 2.27. The van der Waals surface area contributed by atoms with Crippen molar-refractivity contribution in [3.8, 4) is 0 Å². The molecule has 106 valence electrons. The second-order valence-corrected chi connectivity index (χ2v) is 7.54. The predicted molar refractivity (Wildman–Crippen MR) is 76.4 cm³/mol. The molecule has 0 aliphatic carbocycles. The van der Waals surface area contributed by atoms with Crippen LogP contribution in [0.3, 0.4) is 0 Å². The van der Waals surface area contributed by atoms with Gasteiger partial charge in [0, 0.05) is 0 Å². The van der Waals surface area contributed by atoms with Crippen molar-refractivity contribution >= 4 is 32.1 Å². The lowest BCUT2D eigenvalue weighted by molar-refractivity contribution is 0.102. The average molecular weight is 313 g/mol. The summed E-state index contributed by atoms with van der Waals surface area (Å²) >= 11 is 0.951. The summed E-state index contributed by atoms with van der Waals surface area (Å²) < 4.78 is 36.9. The molecule has 1 amide bonds. The number of thiophene rings is 1. The normalized spacial score (nSPS) is 11.3. The molecule has 0 fully saturated rings. The fraction of sp³-hybridized carbons (Fsp3) is 0.154. The summed E-state index contributed by atoms with van der Waals surface area (Å²) in [6.45, 7) is 1.55. The second kappa shape index (κ2) is 5.72. The maximum atomic E-state index is 13.4. The van der Waals surface area contributed by atoms with Gasteiger partial charge in [0.2, 0.25) is 0 Å². The van der Waals surface area contributed by atoms with Crippen LogP contribution in [0, 0.1) is 5.82 Å². The minimum absolute atomic E-state index is 0.00574. The number of carbonyl (C=O) groups excluding carboxylic acids is 1. The summed E-state index contributed by atoms with van der Waals surface area (Å²) in [6.07, 6.45) is 0. The highest BCUT2D eigenvalue weighted by atomic mass is 32.2. The molecule has 1 aromatic carbocycles. The number of halogens is 1. The van der Waals surface area contributed by atoms with Crippen molar-refractivity contribution in [3.05, 3.63) is 47.8 Å². The Morgan fingerprint density at radius 3 is 2.60 bits per heavy atom. The number of anilines is 1. The summed E-state index contributed by atoms with van der Waals surface area (Å²) in [5.41, 5.74) is -0.0826. The van der Waals surface area contributed by atoms with Crippen molar-refractivity contribution < 1.29 is 17.6 Å². The molecule has 0 saturated carbocycles. The van der Waals surface area contributed by atoms with Gasteiger partial charge < -0.3 is 5.32 Å². The molecule has 0 radical (unpaired) electrons. The third-order valence-corrected chi connectivity index (χ3v) is 5.94. The van der Waals surface area contributed by atoms with Gasteiger partial charge in [-0.05, 0) is 24.3 Å². The van der Waals surface area contributed by atoms with Crippen molar-refractivity contribution in [2.24, 2.45) is 0 Å². The SMILES string of the molecule is CCS(=O)(=O)c1ccc(NC(=O)c2ccccc2F)s1. The highest BCUT2D eigenvalue weighted by Gasteiger charge is 2.16. The molecule has 0 unspecified atom stereocenters. The van der Waals surface area contributed by atoms with Gasteiger partial charge in [0.25, 0.3) is 5.91 Å². The lowest BCUT2D eigenvalue weighted by Gasteiger charge is -2.03. The van der Waals surface area contributed by atoms with Crippen molar-refractivity contribution in [2.75, 3.05) is 11.1 Å². The quantitative estimate of drug-likeness (QED) is 0.944. The highest BCUT2D eigenvalue weighted by molar-refractivity contribution is 7.93. The molecule has 0 atom stereocenters. The van der Waals surface area contributed by atoms with E-state index in [1.54, 1.807) is 13.0 Å². The Kier molecular flexibility index (Phi) is 4.20. The van der Waals surface area contributed by atoms with E-state index >= 15 is 0 Å². The van der Waals surface area contributed by atoms with E-state index in [1.807, 2.05) is 0 Å². The molecule has 1 heterocycles. The van der Waals surface area contributed by atoms with E-state index in [4.69, 9.17) is 0 Å². The molecule has 4 nitrogen and oxygen atoms in total. The number of hydrogen-bond acceptors (Lipinski definition) is 4. The largest absolute Gasteiger partial charge is 0.313 e. The first-order valence-electron chi connectivity index (χ1n) is 5.82. The third-order valence-electron chi connectivity index (χ3n) is 2.62. The predicted octanol–water partition coefficient (Wildman–Crippen LogP) is 2.93. The van der Waals surface area contributed by atoms with Gasteiger partial charge in [-0.25, -0.2) is 12.8 Å². The number of sulfone groups is 1. The van der Waals surface area contributed by atoms with Gasteiger partial charge in [0.15, 0.2) is 9.84 Å². The van der Waals surface area contributed by atoms with Gasteiger partial charge in [0.1, 0.15) is 10.0 Å². The van der Waals surface area contributed by atoms with Crippen LogP contribution in [0.15, 0.2) is 40.6 Å². The molecular formula is C13H12FNO3S2. The Bertz CT molecular complexity index is 738. The third kappa shape index (κ3) is 3.05. The van der Waals surface area contributed by atoms with Crippen LogP contribution >= 0.6 is 11.3 Å². The van der Waals surface area contributed by atoms with Crippen molar-refractivity contribution in [1.82, 2.24) is 0 Å². The van der Waals surface area contributed by atoms with E-state index in [0.29, 0.717) is 5.00 Å². The van der Waals surface area contributed by atoms with Crippen LogP contribution in [0.4, 0.5) is 9.39 Å². The Hall–Kier alpha value is -1.73. The van der Waals surface area contributed by atoms with Crippen LogP contribution in [-0.2, 0) is 9.84 Å². The Balaban J connectivity index is 2.20. The molecule has 0 spiro atoms. The maximum absolute atomic E-state index is 13.4. The number of rotatable bonds is 4. The number of nitrogens with one attached hydrogen (secondary N) is 1. The summed E-state index contributed by atoms with van der Waals surface area (Å²) in [4.78, 5) is 11.9. The van der Waals surface area contributed by atoms with Gasteiger partial charge in [0.05, 0.1) is 16.3 Å². The minimum Gasteiger partial charge on any atom is -0.313 e. The van der Waals surface area contributed by atoms with Gasteiger partial charge in [-0.2, -0.15) is 0 Å². The van der Waals surface area contributed by atoms with Crippen molar-refractivity contribution in [2.45, 2.75) is 11.1 Å². The van der Waals surface area contributed by atoms with Crippen LogP contribution in [0.25, 0.3) is 0 Å². The van der Waals surface area contributed by atoms with E-state index in [9.17, 15) is 17.6 Å². The first-order chi connectivity index (χ1) is 9.44. The van der Waals surface area contributed by atoms with Crippen LogP contribution in [-0.4, -0.2) is 20.1 Å². The Morgan fingerprint density at radius 2 is 1.95 bits per heavy atom. The summed E-state index contributed by atoms with van der Waals surface area (Å²) in [5, 5.41) is 2.86. The molecule has 1 N–H and O–H groups in total. The number of carbonyl (C=O) groups is 1. The molecule has 0 aliphatic heterocycles. The number of amides is 1. The maximum Gasteiger partial charge on any atom is 0.259 e. The standard InChI is InChI=1S/C13H12FNO3S2/c1-2-20(17,18)12-8-7-11(19-12)15-13(16)9-5-3-4-6-10(9)14/h3-8H,2H2,1H3,(H,15,16). The van der Waals surface area contributed by atoms with Gasteiger partial charge in [-0.3, -0.25) is 4.79 Å². The fourth-order valence-corrected chi connectivity index (χ4v) is 3.84. The molecule has 1 aromatic heterocycles. The second-order valence-electron chi connectivity index (χ2n) is 3.96. The van der Waals surface area contributed by atoms with Gasteiger partial charge in [-0.15, -0.1) is 11.3 Å². The van der Waals surface area contributed by atoms with Gasteiger partial charge in [-0.1, -0.05) is 19.1 Å². The average Bonchev–Trinajstić information content (AvgIpc) is 2.88. The summed E-state index contributed by atoms with van der Waals surface area (Å²) in [5.74, 6) is -1.23. The van der Waals surface area contributed by atoms with E-state index in [2.05, 4.69) is 5.32 Å². The number of hydrogen-bond donors (Lipinski definition) is 1. The van der Waals surface area contributed by atoms with Crippen molar-refractivity contribution in [1.29, 1.82) is 0 Å². The van der Waals surface area contributed by atoms with E-state index < -0.39 is 21.6 Å². The molecule has 2 rings (SSSR count). The number of benzene rings is 1. The van der Waals surface area contributed by atoms with Crippen LogP contribution in [0.5, 0.6) is 0 Å². The first kappa shape index (κ1) is 14.7. The van der Waals surface area contributed by atoms with E-state index in [-0.39, 0.29) is 15.5 Å². The van der Waals surface area contributed by atoms with E-state index in [0.717, 1.165) is 11.3 Å². The van der Waals surface area contributed by atoms with Crippen LogP contribution in [0.1, 0.15) is 17.3 Å². The molecule has 20 heavy (non-hydrogen) atoms. The fourth-order valence-electron chi connectivity index (χ4n) is 1.52. The molecule has 0 saturated heterocycles. The zero-order chi connectivity index (χ0) is 14.8. The molecule has 7 heteroatoms. The molecule has 0 aliphatic rings. The van der Waals surface area contributed by atoms with Crippen LogP contribution < -0.4 is 5.32 Å². The summed E-state index contributed by atoms with van der Waals surface area (Å²) in [7, 11) is -3.29. The summed E-state index contributed by atoms with van der Waals surface area (Å²) in [6, 6.07) is 8.52. The molecular weight excluding hydrogens is 301 g/mol. The van der Waals surface area contributed by atoms with Gasteiger partial charge >= 0.3 is 0 Å². The Morgan fingerprint density at radius 1 is 1.25 bits per heavy atom. The topological polar surface area (TPSA) is 63.2 Å².